The lowest BCUT2D eigenvalue weighted by molar-refractivity contribution is 0.0734. The summed E-state index contributed by atoms with van der Waals surface area (Å²) in [5, 5.41) is 0. The summed E-state index contributed by atoms with van der Waals surface area (Å²) in [7, 11) is -0.928. The second kappa shape index (κ2) is 10.5. The van der Waals surface area contributed by atoms with Gasteiger partial charge in [-0.25, -0.2) is 4.79 Å². The topological polar surface area (TPSA) is 26.3 Å². The van der Waals surface area contributed by atoms with Crippen molar-refractivity contribution in [1.82, 2.24) is 0 Å². The van der Waals surface area contributed by atoms with Gasteiger partial charge in [-0.1, -0.05) is 69.7 Å². The molecule has 0 aliphatic carbocycles. The first-order valence-electron chi connectivity index (χ1n) is 10.3. The number of unbranched alkanes of at least 4 members (excludes halogenated alkanes) is 2. The minimum atomic E-state index is -0.928. The Kier molecular flexibility index (Phi) is 8.30. The zero-order valence-electron chi connectivity index (χ0n) is 17.4. The third kappa shape index (κ3) is 8.13. The molecule has 0 spiro atoms. The highest BCUT2D eigenvalue weighted by molar-refractivity contribution is 6.76. The summed E-state index contributed by atoms with van der Waals surface area (Å²) < 4.78 is 5.50. The Morgan fingerprint density at radius 1 is 0.815 bits per heavy atom. The molecule has 0 heterocycles. The summed E-state index contributed by atoms with van der Waals surface area (Å²) in [5.74, 6) is 0.317. The minimum absolute atomic E-state index is 0.290. The molecule has 0 aromatic heterocycles. The highest BCUT2D eigenvalue weighted by Crippen LogP contribution is 2.18. The summed E-state index contributed by atoms with van der Waals surface area (Å²) >= 11 is 0. The van der Waals surface area contributed by atoms with Crippen LogP contribution in [0.25, 0.3) is 0 Å². The lowest BCUT2D eigenvalue weighted by Gasteiger charge is -2.15. The van der Waals surface area contributed by atoms with Crippen molar-refractivity contribution in [2.75, 3.05) is 0 Å². The van der Waals surface area contributed by atoms with Gasteiger partial charge < -0.3 is 4.74 Å². The van der Waals surface area contributed by atoms with Crippen LogP contribution in [-0.2, 0) is 12.8 Å². The van der Waals surface area contributed by atoms with Gasteiger partial charge in [0.25, 0.3) is 0 Å². The second-order valence-electron chi connectivity index (χ2n) is 8.60. The number of hydrogen-bond donors (Lipinski definition) is 0. The maximum absolute atomic E-state index is 12.3. The molecule has 0 unspecified atom stereocenters. The summed E-state index contributed by atoms with van der Waals surface area (Å²) in [4.78, 5) is 12.3. The van der Waals surface area contributed by atoms with Gasteiger partial charge in [-0.15, -0.1) is 0 Å². The fraction of sp³-hybridized carbons (Fsp3) is 0.458. The molecule has 0 atom stereocenters. The number of ether oxygens (including phenoxy) is 1. The molecule has 0 radical (unpaired) electrons. The lowest BCUT2D eigenvalue weighted by Crippen LogP contribution is -2.18. The van der Waals surface area contributed by atoms with Crippen molar-refractivity contribution in [2.45, 2.75) is 71.1 Å². The average molecular weight is 383 g/mol. The van der Waals surface area contributed by atoms with Gasteiger partial charge in [-0.2, -0.15) is 0 Å². The van der Waals surface area contributed by atoms with E-state index in [1.54, 1.807) is 0 Å². The van der Waals surface area contributed by atoms with Crippen LogP contribution in [0.4, 0.5) is 0 Å². The Hall–Kier alpha value is -1.87. The molecule has 0 amide bonds. The molecule has 0 aliphatic rings. The van der Waals surface area contributed by atoms with Crippen LogP contribution in [0.2, 0.25) is 25.7 Å². The number of benzene rings is 2. The standard InChI is InChI=1S/C24H34O2Si/c1-5-6-9-20-13-17-23(18-14-20)26-24(25)22-15-11-21(12-16-22)10-7-8-19-27(2,3)4/h11-18H,5-10,19H2,1-4H3. The Bertz CT molecular complexity index is 697. The number of esters is 1. The first-order valence-corrected chi connectivity index (χ1v) is 14.0. The summed E-state index contributed by atoms with van der Waals surface area (Å²) in [5.41, 5.74) is 3.19. The van der Waals surface area contributed by atoms with Crippen LogP contribution >= 0.6 is 0 Å². The zero-order chi connectivity index (χ0) is 19.7. The van der Waals surface area contributed by atoms with E-state index in [0.29, 0.717) is 11.3 Å². The van der Waals surface area contributed by atoms with Crippen molar-refractivity contribution < 1.29 is 9.53 Å². The quantitative estimate of drug-likeness (QED) is 0.193. The molecule has 2 aromatic rings. The smallest absolute Gasteiger partial charge is 0.343 e. The van der Waals surface area contributed by atoms with E-state index in [9.17, 15) is 4.79 Å². The van der Waals surface area contributed by atoms with Crippen molar-refractivity contribution in [3.63, 3.8) is 0 Å². The Balaban J connectivity index is 1.82. The Morgan fingerprint density at radius 3 is 1.93 bits per heavy atom. The largest absolute Gasteiger partial charge is 0.423 e. The molecule has 3 heteroatoms. The van der Waals surface area contributed by atoms with Crippen LogP contribution in [0.3, 0.4) is 0 Å². The van der Waals surface area contributed by atoms with Crippen LogP contribution in [0.15, 0.2) is 48.5 Å². The third-order valence-electron chi connectivity index (χ3n) is 4.78. The number of aryl methyl sites for hydroxylation is 2. The van der Waals surface area contributed by atoms with E-state index < -0.39 is 8.07 Å². The van der Waals surface area contributed by atoms with Gasteiger partial charge in [0.05, 0.1) is 5.56 Å². The molecule has 0 N–H and O–H groups in total. The molecular weight excluding hydrogens is 348 g/mol. The maximum atomic E-state index is 12.3. The van der Waals surface area contributed by atoms with E-state index in [0.717, 1.165) is 12.8 Å². The number of carbonyl (C=O) groups is 1. The van der Waals surface area contributed by atoms with Gasteiger partial charge in [0, 0.05) is 8.07 Å². The lowest BCUT2D eigenvalue weighted by atomic mass is 10.1. The number of carbonyl (C=O) groups excluding carboxylic acids is 1. The van der Waals surface area contributed by atoms with Gasteiger partial charge in [-0.3, -0.25) is 0 Å². The summed E-state index contributed by atoms with van der Waals surface area (Å²) in [6.45, 7) is 9.46. The molecule has 2 rings (SSSR count). The normalized spacial score (nSPS) is 11.4. The molecule has 0 bridgehead atoms. The molecule has 0 fully saturated rings. The molecule has 2 nitrogen and oxygen atoms in total. The van der Waals surface area contributed by atoms with Crippen LogP contribution in [0.1, 0.15) is 54.1 Å². The van der Waals surface area contributed by atoms with E-state index in [1.165, 1.54) is 42.9 Å². The predicted octanol–water partition coefficient (Wildman–Crippen LogP) is 6.91. The van der Waals surface area contributed by atoms with E-state index in [1.807, 2.05) is 36.4 Å². The van der Waals surface area contributed by atoms with Gasteiger partial charge in [-0.05, 0) is 61.1 Å². The SMILES string of the molecule is CCCCc1ccc(OC(=O)c2ccc(CCCC[Si](C)(C)C)cc2)cc1. The highest BCUT2D eigenvalue weighted by Gasteiger charge is 2.12. The van der Waals surface area contributed by atoms with Crippen molar-refractivity contribution in [2.24, 2.45) is 0 Å². The predicted molar refractivity (Wildman–Crippen MR) is 118 cm³/mol. The fourth-order valence-electron chi connectivity index (χ4n) is 3.06. The zero-order valence-corrected chi connectivity index (χ0v) is 18.4. The first kappa shape index (κ1) is 21.4. The molecule has 2 aromatic carbocycles. The molecular formula is C24H34O2Si. The van der Waals surface area contributed by atoms with Gasteiger partial charge >= 0.3 is 5.97 Å². The molecule has 0 saturated carbocycles. The maximum Gasteiger partial charge on any atom is 0.343 e. The van der Waals surface area contributed by atoms with E-state index in [2.05, 4.69) is 38.7 Å². The van der Waals surface area contributed by atoms with E-state index >= 15 is 0 Å². The van der Waals surface area contributed by atoms with Crippen LogP contribution in [-0.4, -0.2) is 14.0 Å². The summed E-state index contributed by atoms with van der Waals surface area (Å²) in [6.07, 6.45) is 7.05. The van der Waals surface area contributed by atoms with Crippen LogP contribution in [0, 0.1) is 0 Å². The number of rotatable bonds is 10. The monoisotopic (exact) mass is 382 g/mol. The fourth-order valence-corrected chi connectivity index (χ4v) is 4.37. The van der Waals surface area contributed by atoms with Crippen molar-refractivity contribution >= 4 is 14.0 Å². The van der Waals surface area contributed by atoms with Crippen molar-refractivity contribution in [3.8, 4) is 5.75 Å². The Labute approximate surface area is 166 Å². The summed E-state index contributed by atoms with van der Waals surface area (Å²) in [6, 6.07) is 17.1. The van der Waals surface area contributed by atoms with Gasteiger partial charge in [0.1, 0.15) is 5.75 Å². The van der Waals surface area contributed by atoms with Gasteiger partial charge in [0.15, 0.2) is 0 Å². The average Bonchev–Trinajstić information content (AvgIpc) is 2.64. The van der Waals surface area contributed by atoms with Gasteiger partial charge in [0.2, 0.25) is 0 Å². The van der Waals surface area contributed by atoms with Crippen molar-refractivity contribution in [3.05, 3.63) is 65.2 Å². The van der Waals surface area contributed by atoms with Crippen LogP contribution < -0.4 is 4.74 Å². The minimum Gasteiger partial charge on any atom is -0.423 e. The Morgan fingerprint density at radius 2 is 1.37 bits per heavy atom. The van der Waals surface area contributed by atoms with E-state index in [-0.39, 0.29) is 5.97 Å². The first-order chi connectivity index (χ1) is 12.9. The van der Waals surface area contributed by atoms with E-state index in [4.69, 9.17) is 4.74 Å². The number of hydrogen-bond acceptors (Lipinski definition) is 2. The molecule has 0 aliphatic heterocycles. The van der Waals surface area contributed by atoms with Crippen molar-refractivity contribution in [1.29, 1.82) is 0 Å². The third-order valence-corrected chi connectivity index (χ3v) is 6.64. The molecule has 27 heavy (non-hydrogen) atoms. The van der Waals surface area contributed by atoms with Crippen LogP contribution in [0.5, 0.6) is 5.75 Å². The molecule has 146 valence electrons. The molecule has 0 saturated heterocycles. The highest BCUT2D eigenvalue weighted by atomic mass is 28.3. The second-order valence-corrected chi connectivity index (χ2v) is 14.2.